The minimum Gasteiger partial charge on any atom is -0.497 e. The van der Waals surface area contributed by atoms with Gasteiger partial charge in [0.15, 0.2) is 5.82 Å². The molecule has 0 atom stereocenters. The molecule has 3 aromatic heterocycles. The lowest BCUT2D eigenvalue weighted by molar-refractivity contribution is 0.0951. The van der Waals surface area contributed by atoms with Gasteiger partial charge in [-0.3, -0.25) is 9.48 Å². The Labute approximate surface area is 202 Å². The summed E-state index contributed by atoms with van der Waals surface area (Å²) in [6.07, 6.45) is 7.01. The summed E-state index contributed by atoms with van der Waals surface area (Å²) in [6.45, 7) is 0.848. The number of ether oxygens (including phenoxy) is 1. The van der Waals surface area contributed by atoms with Gasteiger partial charge >= 0.3 is 0 Å². The van der Waals surface area contributed by atoms with E-state index in [2.05, 4.69) is 15.4 Å². The second-order valence-electron chi connectivity index (χ2n) is 7.93. The molecule has 0 bridgehead atoms. The Bertz CT molecular complexity index is 1430. The van der Waals surface area contributed by atoms with Crippen molar-refractivity contribution >= 4 is 5.91 Å². The number of nitrogens with one attached hydrogen (secondary N) is 1. The van der Waals surface area contributed by atoms with Crippen LogP contribution in [0.3, 0.4) is 0 Å². The van der Waals surface area contributed by atoms with E-state index in [1.54, 1.807) is 35.1 Å². The van der Waals surface area contributed by atoms with Crippen LogP contribution in [0.1, 0.15) is 21.5 Å². The first kappa shape index (κ1) is 22.1. The van der Waals surface area contributed by atoms with E-state index in [1.165, 1.54) is 0 Å². The zero-order chi connectivity index (χ0) is 24.0. The maximum Gasteiger partial charge on any atom is 0.255 e. The Morgan fingerprint density at radius 3 is 2.69 bits per heavy atom. The minimum atomic E-state index is -0.225. The normalized spacial score (nSPS) is 10.8. The second-order valence-corrected chi connectivity index (χ2v) is 7.93. The SMILES string of the molecule is COc1cccc(-c2nn(Cc3ccccc3)cc2C(=O)NCc2cccnc2-n2cccn2)c1. The van der Waals surface area contributed by atoms with Gasteiger partial charge < -0.3 is 10.1 Å². The van der Waals surface area contributed by atoms with E-state index < -0.39 is 0 Å². The van der Waals surface area contributed by atoms with E-state index in [0.717, 1.165) is 16.7 Å². The monoisotopic (exact) mass is 464 g/mol. The predicted octanol–water partition coefficient (Wildman–Crippen LogP) is 4.12. The molecular weight excluding hydrogens is 440 g/mol. The maximum absolute atomic E-state index is 13.4. The molecule has 35 heavy (non-hydrogen) atoms. The quantitative estimate of drug-likeness (QED) is 0.373. The van der Waals surface area contributed by atoms with Crippen molar-refractivity contribution in [1.29, 1.82) is 0 Å². The number of carbonyl (C=O) groups excluding carboxylic acids is 1. The molecule has 0 unspecified atom stereocenters. The van der Waals surface area contributed by atoms with Gasteiger partial charge in [-0.1, -0.05) is 48.5 Å². The van der Waals surface area contributed by atoms with Crippen LogP contribution in [0.15, 0.2) is 97.6 Å². The average Bonchev–Trinajstić information content (AvgIpc) is 3.59. The summed E-state index contributed by atoms with van der Waals surface area (Å²) in [4.78, 5) is 17.8. The highest BCUT2D eigenvalue weighted by molar-refractivity contribution is 5.99. The third kappa shape index (κ3) is 4.96. The van der Waals surface area contributed by atoms with Crippen LogP contribution in [-0.2, 0) is 13.1 Å². The van der Waals surface area contributed by atoms with Gasteiger partial charge in [0.05, 0.1) is 19.2 Å². The van der Waals surface area contributed by atoms with Crippen LogP contribution < -0.4 is 10.1 Å². The van der Waals surface area contributed by atoms with Crippen LogP contribution >= 0.6 is 0 Å². The highest BCUT2D eigenvalue weighted by atomic mass is 16.5. The number of hydrogen-bond donors (Lipinski definition) is 1. The number of hydrogen-bond acceptors (Lipinski definition) is 5. The summed E-state index contributed by atoms with van der Waals surface area (Å²) >= 11 is 0. The van der Waals surface area contributed by atoms with Crippen molar-refractivity contribution in [3.05, 3.63) is 114 Å². The van der Waals surface area contributed by atoms with E-state index in [0.29, 0.717) is 35.9 Å². The van der Waals surface area contributed by atoms with Gasteiger partial charge in [-0.05, 0) is 29.8 Å². The molecule has 5 rings (SSSR count). The molecule has 2 aromatic carbocycles. The molecule has 174 valence electrons. The van der Waals surface area contributed by atoms with Crippen molar-refractivity contribution < 1.29 is 9.53 Å². The number of nitrogens with zero attached hydrogens (tertiary/aromatic N) is 5. The summed E-state index contributed by atoms with van der Waals surface area (Å²) in [5.74, 6) is 1.15. The van der Waals surface area contributed by atoms with Crippen molar-refractivity contribution in [2.24, 2.45) is 0 Å². The van der Waals surface area contributed by atoms with Gasteiger partial charge in [-0.25, -0.2) is 9.67 Å². The highest BCUT2D eigenvalue weighted by Crippen LogP contribution is 2.26. The lowest BCUT2D eigenvalue weighted by Gasteiger charge is -2.10. The third-order valence-corrected chi connectivity index (χ3v) is 5.57. The van der Waals surface area contributed by atoms with E-state index in [-0.39, 0.29) is 5.91 Å². The lowest BCUT2D eigenvalue weighted by atomic mass is 10.1. The first-order valence-electron chi connectivity index (χ1n) is 11.2. The van der Waals surface area contributed by atoms with Gasteiger partial charge in [0, 0.05) is 42.5 Å². The highest BCUT2D eigenvalue weighted by Gasteiger charge is 2.19. The van der Waals surface area contributed by atoms with Crippen LogP contribution in [0.4, 0.5) is 0 Å². The molecular formula is C27H24N6O2. The molecule has 0 spiro atoms. The van der Waals surface area contributed by atoms with Crippen LogP contribution in [-0.4, -0.2) is 37.6 Å². The maximum atomic E-state index is 13.4. The molecule has 0 fully saturated rings. The van der Waals surface area contributed by atoms with Crippen LogP contribution in [0.5, 0.6) is 5.75 Å². The predicted molar refractivity (Wildman–Crippen MR) is 132 cm³/mol. The minimum absolute atomic E-state index is 0.225. The number of methoxy groups -OCH3 is 1. The average molecular weight is 465 g/mol. The Hall–Kier alpha value is -4.72. The first-order chi connectivity index (χ1) is 17.2. The summed E-state index contributed by atoms with van der Waals surface area (Å²) in [5, 5.41) is 12.1. The Kier molecular flexibility index (Phi) is 6.34. The Morgan fingerprint density at radius 1 is 1.00 bits per heavy atom. The Balaban J connectivity index is 1.44. The Morgan fingerprint density at radius 2 is 1.89 bits per heavy atom. The first-order valence-corrected chi connectivity index (χ1v) is 11.2. The van der Waals surface area contributed by atoms with E-state index in [1.807, 2.05) is 79.0 Å². The fraction of sp³-hybridized carbons (Fsp3) is 0.111. The van der Waals surface area contributed by atoms with Gasteiger partial charge in [0.25, 0.3) is 5.91 Å². The van der Waals surface area contributed by atoms with E-state index >= 15 is 0 Å². The van der Waals surface area contributed by atoms with Gasteiger partial charge in [-0.2, -0.15) is 10.2 Å². The third-order valence-electron chi connectivity index (χ3n) is 5.57. The van der Waals surface area contributed by atoms with Crippen LogP contribution in [0.25, 0.3) is 17.1 Å². The van der Waals surface area contributed by atoms with Gasteiger partial charge in [0.2, 0.25) is 0 Å². The van der Waals surface area contributed by atoms with Crippen molar-refractivity contribution in [1.82, 2.24) is 29.9 Å². The van der Waals surface area contributed by atoms with Crippen molar-refractivity contribution in [2.45, 2.75) is 13.1 Å². The number of rotatable bonds is 8. The molecule has 0 aliphatic rings. The summed E-state index contributed by atoms with van der Waals surface area (Å²) in [7, 11) is 1.62. The molecule has 8 nitrogen and oxygen atoms in total. The summed E-state index contributed by atoms with van der Waals surface area (Å²) in [6, 6.07) is 23.2. The molecule has 0 aliphatic carbocycles. The van der Waals surface area contributed by atoms with E-state index in [9.17, 15) is 4.79 Å². The molecule has 1 N–H and O–H groups in total. The molecule has 1 amide bonds. The van der Waals surface area contributed by atoms with E-state index in [4.69, 9.17) is 9.84 Å². The van der Waals surface area contributed by atoms with Crippen molar-refractivity contribution in [2.75, 3.05) is 7.11 Å². The number of amides is 1. The topological polar surface area (TPSA) is 86.9 Å². The second kappa shape index (κ2) is 10.0. The van der Waals surface area contributed by atoms with Crippen LogP contribution in [0.2, 0.25) is 0 Å². The summed E-state index contributed by atoms with van der Waals surface area (Å²) in [5.41, 5.74) is 3.83. The molecule has 0 saturated heterocycles. The number of aromatic nitrogens is 5. The smallest absolute Gasteiger partial charge is 0.255 e. The lowest BCUT2D eigenvalue weighted by Crippen LogP contribution is -2.24. The zero-order valence-corrected chi connectivity index (χ0v) is 19.2. The van der Waals surface area contributed by atoms with Gasteiger partial charge in [-0.15, -0.1) is 0 Å². The fourth-order valence-corrected chi connectivity index (χ4v) is 3.86. The van der Waals surface area contributed by atoms with Gasteiger partial charge in [0.1, 0.15) is 11.4 Å². The van der Waals surface area contributed by atoms with Crippen molar-refractivity contribution in [3.8, 4) is 22.8 Å². The largest absolute Gasteiger partial charge is 0.497 e. The molecule has 8 heteroatoms. The fourth-order valence-electron chi connectivity index (χ4n) is 3.86. The number of benzene rings is 2. The van der Waals surface area contributed by atoms with Crippen molar-refractivity contribution in [3.63, 3.8) is 0 Å². The molecule has 0 radical (unpaired) electrons. The molecule has 0 saturated carbocycles. The molecule has 3 heterocycles. The molecule has 0 aliphatic heterocycles. The number of pyridine rings is 1. The zero-order valence-electron chi connectivity index (χ0n) is 19.2. The van der Waals surface area contributed by atoms with Crippen LogP contribution in [0, 0.1) is 0 Å². The standard InChI is InChI=1S/C27H24N6O2/c1-35-23-12-5-10-21(16-23)25-24(19-32(31-25)18-20-8-3-2-4-9-20)27(34)29-17-22-11-6-13-28-26(22)33-15-7-14-30-33/h2-16,19H,17-18H2,1H3,(H,29,34). The number of carbonyl (C=O) groups is 1. The molecule has 5 aromatic rings. The summed E-state index contributed by atoms with van der Waals surface area (Å²) < 4.78 is 8.85.